The molecule has 4 rings (SSSR count). The minimum absolute atomic E-state index is 0.121. The van der Waals surface area contributed by atoms with E-state index in [0.717, 1.165) is 32.6 Å². The van der Waals surface area contributed by atoms with Gasteiger partial charge in [-0.05, 0) is 30.3 Å². The maximum atomic E-state index is 12.4. The molecule has 0 fully saturated rings. The Labute approximate surface area is 178 Å². The number of rotatable bonds is 6. The van der Waals surface area contributed by atoms with E-state index in [0.29, 0.717) is 10.3 Å². The zero-order valence-electron chi connectivity index (χ0n) is 14.9. The van der Waals surface area contributed by atoms with Crippen molar-refractivity contribution in [2.24, 2.45) is 0 Å². The van der Waals surface area contributed by atoms with Gasteiger partial charge in [0.2, 0.25) is 5.91 Å². The average Bonchev–Trinajstić information content (AvgIpc) is 3.29. The van der Waals surface area contributed by atoms with E-state index in [2.05, 4.69) is 36.4 Å². The minimum Gasteiger partial charge on any atom is -0.301 e. The lowest BCUT2D eigenvalue weighted by atomic mass is 10.3. The molecule has 1 amide bonds. The molecule has 0 spiro atoms. The Hall–Kier alpha value is -2.23. The molecule has 0 aliphatic rings. The third-order valence-electron chi connectivity index (χ3n) is 3.96. The molecule has 2 aromatic heterocycles. The van der Waals surface area contributed by atoms with Crippen LogP contribution in [-0.2, 0) is 11.2 Å². The molecule has 0 aliphatic heterocycles. The number of carbonyl (C=O) groups is 1. The molecular formula is C19H16BrN5OS2. The third kappa shape index (κ3) is 4.11. The maximum Gasteiger partial charge on any atom is 0.236 e. The van der Waals surface area contributed by atoms with E-state index in [1.807, 2.05) is 60.0 Å². The number of nitrogens with zero attached hydrogens (tertiary/aromatic N) is 4. The monoisotopic (exact) mass is 473 g/mol. The van der Waals surface area contributed by atoms with Crippen molar-refractivity contribution in [2.75, 3.05) is 11.1 Å². The molecule has 2 aromatic carbocycles. The number of halogens is 1. The predicted molar refractivity (Wildman–Crippen MR) is 117 cm³/mol. The fraction of sp³-hybridized carbons (Fsp3) is 0.158. The number of carbonyl (C=O) groups excluding carboxylic acids is 1. The van der Waals surface area contributed by atoms with Crippen LogP contribution in [0.25, 0.3) is 15.9 Å². The van der Waals surface area contributed by atoms with E-state index in [4.69, 9.17) is 0 Å². The van der Waals surface area contributed by atoms with Gasteiger partial charge in [0, 0.05) is 16.6 Å². The van der Waals surface area contributed by atoms with Crippen molar-refractivity contribution in [1.82, 2.24) is 19.7 Å². The molecular weight excluding hydrogens is 458 g/mol. The molecule has 9 heteroatoms. The van der Waals surface area contributed by atoms with Crippen LogP contribution in [0.5, 0.6) is 0 Å². The molecule has 2 heterocycles. The molecule has 0 bridgehead atoms. The number of anilines is 1. The number of nitrogens with one attached hydrogen (secondary N) is 1. The van der Waals surface area contributed by atoms with Crippen molar-refractivity contribution in [1.29, 1.82) is 0 Å². The Morgan fingerprint density at radius 3 is 2.82 bits per heavy atom. The number of para-hydroxylation sites is 1. The summed E-state index contributed by atoms with van der Waals surface area (Å²) >= 11 is 6.27. The highest BCUT2D eigenvalue weighted by atomic mass is 79.9. The number of aryl methyl sites for hydroxylation is 1. The molecule has 0 unspecified atom stereocenters. The molecule has 28 heavy (non-hydrogen) atoms. The predicted octanol–water partition coefficient (Wildman–Crippen LogP) is 4.93. The molecule has 0 saturated carbocycles. The number of thiazole rings is 1. The van der Waals surface area contributed by atoms with E-state index in [1.165, 1.54) is 23.1 Å². The number of amides is 1. The van der Waals surface area contributed by atoms with Gasteiger partial charge in [0.1, 0.15) is 5.82 Å². The largest absolute Gasteiger partial charge is 0.301 e. The smallest absolute Gasteiger partial charge is 0.236 e. The van der Waals surface area contributed by atoms with Crippen LogP contribution in [0.2, 0.25) is 0 Å². The van der Waals surface area contributed by atoms with Crippen molar-refractivity contribution in [3.63, 3.8) is 0 Å². The van der Waals surface area contributed by atoms with Crippen molar-refractivity contribution in [3.8, 4) is 5.69 Å². The van der Waals surface area contributed by atoms with E-state index in [-0.39, 0.29) is 11.7 Å². The van der Waals surface area contributed by atoms with Gasteiger partial charge in [-0.25, -0.2) is 4.98 Å². The van der Waals surface area contributed by atoms with Crippen LogP contribution in [0, 0.1) is 0 Å². The molecule has 0 radical (unpaired) electrons. The van der Waals surface area contributed by atoms with Gasteiger partial charge in [-0.2, -0.15) is 0 Å². The van der Waals surface area contributed by atoms with Gasteiger partial charge in [0.25, 0.3) is 0 Å². The number of hydrogen-bond acceptors (Lipinski definition) is 6. The Morgan fingerprint density at radius 1 is 1.21 bits per heavy atom. The number of thioether (sulfide) groups is 1. The third-order valence-corrected chi connectivity index (χ3v) is 6.32. The molecule has 0 aliphatic carbocycles. The van der Waals surface area contributed by atoms with E-state index in [9.17, 15) is 4.79 Å². The number of benzene rings is 2. The Balaban J connectivity index is 1.47. The highest BCUT2D eigenvalue weighted by Gasteiger charge is 2.15. The fourth-order valence-electron chi connectivity index (χ4n) is 2.70. The second-order valence-corrected chi connectivity index (χ2v) is 8.78. The Morgan fingerprint density at radius 2 is 2.04 bits per heavy atom. The summed E-state index contributed by atoms with van der Waals surface area (Å²) in [5.74, 6) is 0.975. The first kappa shape index (κ1) is 19.1. The lowest BCUT2D eigenvalue weighted by molar-refractivity contribution is -0.113. The van der Waals surface area contributed by atoms with Gasteiger partial charge < -0.3 is 5.32 Å². The van der Waals surface area contributed by atoms with Gasteiger partial charge in [0.15, 0.2) is 10.3 Å². The molecule has 0 atom stereocenters. The second-order valence-electron chi connectivity index (χ2n) is 5.89. The summed E-state index contributed by atoms with van der Waals surface area (Å²) in [6.45, 7) is 2.04. The fourth-order valence-corrected chi connectivity index (χ4v) is 4.90. The molecule has 4 aromatic rings. The van der Waals surface area contributed by atoms with E-state index >= 15 is 0 Å². The van der Waals surface area contributed by atoms with Gasteiger partial charge in [-0.15, -0.1) is 10.2 Å². The van der Waals surface area contributed by atoms with Crippen LogP contribution in [0.4, 0.5) is 5.13 Å². The zero-order valence-corrected chi connectivity index (χ0v) is 18.1. The van der Waals surface area contributed by atoms with Crippen LogP contribution in [-0.4, -0.2) is 31.4 Å². The first-order chi connectivity index (χ1) is 13.6. The summed E-state index contributed by atoms with van der Waals surface area (Å²) in [5.41, 5.74) is 1.86. The molecule has 0 saturated heterocycles. The van der Waals surface area contributed by atoms with Crippen molar-refractivity contribution in [3.05, 3.63) is 58.8 Å². The summed E-state index contributed by atoms with van der Waals surface area (Å²) in [5, 5.41) is 12.7. The normalized spacial score (nSPS) is 11.1. The second kappa shape index (κ2) is 8.42. The molecule has 6 nitrogen and oxygen atoms in total. The lowest BCUT2D eigenvalue weighted by Crippen LogP contribution is -2.14. The summed E-state index contributed by atoms with van der Waals surface area (Å²) in [4.78, 5) is 16.9. The quantitative estimate of drug-likeness (QED) is 0.401. The van der Waals surface area contributed by atoms with Gasteiger partial charge in [-0.1, -0.05) is 64.2 Å². The SMILES string of the molecule is CCc1nnc(SCC(=O)Nc2nc3ccc(Br)cc3s2)n1-c1ccccc1. The van der Waals surface area contributed by atoms with Crippen molar-refractivity contribution in [2.45, 2.75) is 18.5 Å². The highest BCUT2D eigenvalue weighted by molar-refractivity contribution is 9.10. The number of hydrogen-bond donors (Lipinski definition) is 1. The van der Waals surface area contributed by atoms with Crippen molar-refractivity contribution < 1.29 is 4.79 Å². The lowest BCUT2D eigenvalue weighted by Gasteiger charge is -2.09. The van der Waals surface area contributed by atoms with Crippen LogP contribution in [0.3, 0.4) is 0 Å². The summed E-state index contributed by atoms with van der Waals surface area (Å²) < 4.78 is 4.01. The van der Waals surface area contributed by atoms with Crippen molar-refractivity contribution >= 4 is 60.3 Å². The number of fused-ring (bicyclic) bond motifs is 1. The standard InChI is InChI=1S/C19H16BrN5OS2/c1-2-16-23-24-19(25(16)13-6-4-3-5-7-13)27-11-17(26)22-18-21-14-9-8-12(20)10-15(14)28-18/h3-10H,2,11H2,1H3,(H,21,22,26). The van der Waals surface area contributed by atoms with Crippen LogP contribution < -0.4 is 5.32 Å². The van der Waals surface area contributed by atoms with E-state index in [1.54, 1.807) is 0 Å². The first-order valence-electron chi connectivity index (χ1n) is 8.62. The average molecular weight is 474 g/mol. The maximum absolute atomic E-state index is 12.4. The highest BCUT2D eigenvalue weighted by Crippen LogP contribution is 2.29. The molecule has 142 valence electrons. The van der Waals surface area contributed by atoms with Gasteiger partial charge >= 0.3 is 0 Å². The zero-order chi connectivity index (χ0) is 19.5. The topological polar surface area (TPSA) is 72.7 Å². The Bertz CT molecular complexity index is 1130. The summed E-state index contributed by atoms with van der Waals surface area (Å²) in [6.07, 6.45) is 0.760. The Kier molecular flexibility index (Phi) is 5.74. The van der Waals surface area contributed by atoms with Crippen LogP contribution >= 0.6 is 39.0 Å². The summed E-state index contributed by atoms with van der Waals surface area (Å²) in [6, 6.07) is 15.8. The van der Waals surface area contributed by atoms with Crippen LogP contribution in [0.1, 0.15) is 12.7 Å². The number of aromatic nitrogens is 4. The minimum atomic E-state index is -0.121. The van der Waals surface area contributed by atoms with Crippen LogP contribution in [0.15, 0.2) is 58.2 Å². The molecule has 1 N–H and O–H groups in total. The summed E-state index contributed by atoms with van der Waals surface area (Å²) in [7, 11) is 0. The first-order valence-corrected chi connectivity index (χ1v) is 11.2. The van der Waals surface area contributed by atoms with E-state index < -0.39 is 0 Å². The van der Waals surface area contributed by atoms with Gasteiger partial charge in [-0.3, -0.25) is 9.36 Å². The van der Waals surface area contributed by atoms with Gasteiger partial charge in [0.05, 0.1) is 16.0 Å².